The molecule has 4 N–H and O–H groups in total. The number of amides is 1. The lowest BCUT2D eigenvalue weighted by atomic mass is 10.1. The molecule has 0 aromatic heterocycles. The number of nitro groups is 1. The number of hydrogen-bond donors (Lipinski definition) is 3. The van der Waals surface area contributed by atoms with Crippen molar-refractivity contribution in [1.82, 2.24) is 0 Å². The summed E-state index contributed by atoms with van der Waals surface area (Å²) < 4.78 is 0.541. The van der Waals surface area contributed by atoms with E-state index in [1.165, 1.54) is 18.2 Å². The van der Waals surface area contributed by atoms with Gasteiger partial charge in [0.15, 0.2) is 0 Å². The third-order valence-corrected chi connectivity index (χ3v) is 3.43. The highest BCUT2D eigenvalue weighted by Gasteiger charge is 2.14. The number of carbonyl (C=O) groups is 1. The van der Waals surface area contributed by atoms with Crippen LogP contribution in [0.5, 0.6) is 0 Å². The van der Waals surface area contributed by atoms with Crippen LogP contribution in [0.3, 0.4) is 0 Å². The predicted octanol–water partition coefficient (Wildman–Crippen LogP) is 2.90. The SMILES string of the molecule is NNc1ccccc1C(=O)Nc1cc([N+](=O)[O-])ccc1Br. The zero-order valence-corrected chi connectivity index (χ0v) is 12.3. The standard InChI is InChI=1S/C13H11BrN4O3/c14-10-6-5-8(18(20)21)7-12(10)16-13(19)9-3-1-2-4-11(9)17-15/h1-7,17H,15H2,(H,16,19). The van der Waals surface area contributed by atoms with Crippen molar-refractivity contribution in [2.45, 2.75) is 0 Å². The summed E-state index contributed by atoms with van der Waals surface area (Å²) in [4.78, 5) is 22.5. The maximum atomic E-state index is 12.2. The summed E-state index contributed by atoms with van der Waals surface area (Å²) in [7, 11) is 0. The van der Waals surface area contributed by atoms with Gasteiger partial charge in [-0.1, -0.05) is 12.1 Å². The Morgan fingerprint density at radius 2 is 1.90 bits per heavy atom. The fourth-order valence-electron chi connectivity index (χ4n) is 1.72. The van der Waals surface area contributed by atoms with E-state index in [9.17, 15) is 14.9 Å². The zero-order valence-electron chi connectivity index (χ0n) is 10.7. The lowest BCUT2D eigenvalue weighted by Gasteiger charge is -2.10. The van der Waals surface area contributed by atoms with E-state index in [0.717, 1.165) is 0 Å². The van der Waals surface area contributed by atoms with Crippen molar-refractivity contribution in [3.05, 3.63) is 62.6 Å². The number of nitrogens with one attached hydrogen (secondary N) is 2. The average Bonchev–Trinajstić information content (AvgIpc) is 2.49. The van der Waals surface area contributed by atoms with Crippen LogP contribution in [0.25, 0.3) is 0 Å². The second kappa shape index (κ2) is 6.33. The lowest BCUT2D eigenvalue weighted by molar-refractivity contribution is -0.384. The molecule has 0 fully saturated rings. The second-order valence-corrected chi connectivity index (χ2v) is 4.92. The van der Waals surface area contributed by atoms with Crippen LogP contribution >= 0.6 is 15.9 Å². The van der Waals surface area contributed by atoms with Gasteiger partial charge in [0.2, 0.25) is 0 Å². The molecule has 0 saturated heterocycles. The van der Waals surface area contributed by atoms with Crippen LogP contribution in [0.1, 0.15) is 10.4 Å². The van der Waals surface area contributed by atoms with Gasteiger partial charge in [-0.25, -0.2) is 0 Å². The third kappa shape index (κ3) is 3.36. The summed E-state index contributed by atoms with van der Waals surface area (Å²) in [6.07, 6.45) is 0. The van der Waals surface area contributed by atoms with Gasteiger partial charge >= 0.3 is 0 Å². The molecule has 1 amide bonds. The first-order chi connectivity index (χ1) is 10.0. The summed E-state index contributed by atoms with van der Waals surface area (Å²) in [6.45, 7) is 0. The highest BCUT2D eigenvalue weighted by molar-refractivity contribution is 9.10. The molecule has 2 rings (SSSR count). The number of hydrazine groups is 1. The molecule has 0 radical (unpaired) electrons. The number of nitrogens with two attached hydrogens (primary N) is 1. The molecule has 0 aliphatic carbocycles. The second-order valence-electron chi connectivity index (χ2n) is 4.07. The van der Waals surface area contributed by atoms with Crippen molar-refractivity contribution in [2.24, 2.45) is 5.84 Å². The normalized spacial score (nSPS) is 10.0. The van der Waals surface area contributed by atoms with E-state index in [-0.39, 0.29) is 5.69 Å². The molecule has 0 heterocycles. The van der Waals surface area contributed by atoms with Gasteiger partial charge in [-0.2, -0.15) is 0 Å². The van der Waals surface area contributed by atoms with E-state index in [0.29, 0.717) is 21.4 Å². The van der Waals surface area contributed by atoms with E-state index in [1.54, 1.807) is 24.3 Å². The Kier molecular flexibility index (Phi) is 4.51. The lowest BCUT2D eigenvalue weighted by Crippen LogP contribution is -2.17. The molecule has 0 aliphatic heterocycles. The predicted molar refractivity (Wildman–Crippen MR) is 83.0 cm³/mol. The zero-order chi connectivity index (χ0) is 15.4. The van der Waals surface area contributed by atoms with Crippen molar-refractivity contribution < 1.29 is 9.72 Å². The number of nitro benzene ring substituents is 1. The highest BCUT2D eigenvalue weighted by Crippen LogP contribution is 2.28. The van der Waals surface area contributed by atoms with Crippen LogP contribution < -0.4 is 16.6 Å². The molecule has 0 aliphatic rings. The fourth-order valence-corrected chi connectivity index (χ4v) is 2.06. The van der Waals surface area contributed by atoms with E-state index in [2.05, 4.69) is 26.7 Å². The number of para-hydroxylation sites is 1. The number of non-ortho nitro benzene ring substituents is 1. The van der Waals surface area contributed by atoms with Crippen molar-refractivity contribution in [2.75, 3.05) is 10.7 Å². The Bertz CT molecular complexity index is 706. The molecule has 8 heteroatoms. The Morgan fingerprint density at radius 1 is 1.19 bits per heavy atom. The van der Waals surface area contributed by atoms with E-state index >= 15 is 0 Å². The van der Waals surface area contributed by atoms with Crippen LogP contribution in [0.15, 0.2) is 46.9 Å². The van der Waals surface area contributed by atoms with Crippen molar-refractivity contribution in [1.29, 1.82) is 0 Å². The minimum atomic E-state index is -0.530. The van der Waals surface area contributed by atoms with Gasteiger partial charge in [0.25, 0.3) is 11.6 Å². The quantitative estimate of drug-likeness (QED) is 0.446. The molecular weight excluding hydrogens is 340 g/mol. The first-order valence-electron chi connectivity index (χ1n) is 5.84. The monoisotopic (exact) mass is 350 g/mol. The Labute approximate surface area is 128 Å². The molecule has 108 valence electrons. The van der Waals surface area contributed by atoms with Gasteiger partial charge in [-0.15, -0.1) is 0 Å². The summed E-state index contributed by atoms with van der Waals surface area (Å²) in [5.41, 5.74) is 3.41. The van der Waals surface area contributed by atoms with Gasteiger partial charge in [0.1, 0.15) is 0 Å². The minimum absolute atomic E-state index is 0.112. The van der Waals surface area contributed by atoms with E-state index < -0.39 is 10.8 Å². The Morgan fingerprint density at radius 3 is 2.57 bits per heavy atom. The van der Waals surface area contributed by atoms with Crippen LogP contribution in [0.2, 0.25) is 0 Å². The van der Waals surface area contributed by atoms with Gasteiger partial charge < -0.3 is 10.7 Å². The summed E-state index contributed by atoms with van der Waals surface area (Å²) in [5.74, 6) is 4.92. The Hall–Kier alpha value is -2.45. The minimum Gasteiger partial charge on any atom is -0.323 e. The topological polar surface area (TPSA) is 110 Å². The van der Waals surface area contributed by atoms with Crippen LogP contribution in [0.4, 0.5) is 17.1 Å². The summed E-state index contributed by atoms with van der Waals surface area (Å²) in [6, 6.07) is 10.8. The van der Waals surface area contributed by atoms with Crippen LogP contribution in [-0.4, -0.2) is 10.8 Å². The molecule has 0 atom stereocenters. The third-order valence-electron chi connectivity index (χ3n) is 2.74. The van der Waals surface area contributed by atoms with Gasteiger partial charge in [0, 0.05) is 16.6 Å². The van der Waals surface area contributed by atoms with Gasteiger partial charge in [-0.05, 0) is 34.1 Å². The van der Waals surface area contributed by atoms with Crippen LogP contribution in [-0.2, 0) is 0 Å². The molecule has 0 spiro atoms. The molecule has 0 unspecified atom stereocenters. The number of carbonyl (C=O) groups excluding carboxylic acids is 1. The largest absolute Gasteiger partial charge is 0.323 e. The number of hydrogen-bond acceptors (Lipinski definition) is 5. The van der Waals surface area contributed by atoms with Crippen molar-refractivity contribution in [3.63, 3.8) is 0 Å². The van der Waals surface area contributed by atoms with E-state index in [1.807, 2.05) is 0 Å². The highest BCUT2D eigenvalue weighted by atomic mass is 79.9. The number of benzene rings is 2. The number of nitrogen functional groups attached to an aromatic ring is 1. The van der Waals surface area contributed by atoms with Crippen molar-refractivity contribution >= 4 is 38.9 Å². The molecule has 21 heavy (non-hydrogen) atoms. The average molecular weight is 351 g/mol. The summed E-state index contributed by atoms with van der Waals surface area (Å²) >= 11 is 3.24. The van der Waals surface area contributed by atoms with E-state index in [4.69, 9.17) is 5.84 Å². The maximum absolute atomic E-state index is 12.2. The first kappa shape index (κ1) is 14.9. The molecule has 0 saturated carbocycles. The molecular formula is C13H11BrN4O3. The smallest absolute Gasteiger partial charge is 0.271 e. The molecule has 2 aromatic rings. The molecule has 0 bridgehead atoms. The first-order valence-corrected chi connectivity index (χ1v) is 6.63. The Balaban J connectivity index is 2.31. The summed E-state index contributed by atoms with van der Waals surface area (Å²) in [5, 5.41) is 13.4. The molecule has 7 nitrogen and oxygen atoms in total. The maximum Gasteiger partial charge on any atom is 0.271 e. The molecule has 2 aromatic carbocycles. The fraction of sp³-hybridized carbons (Fsp3) is 0. The van der Waals surface area contributed by atoms with Crippen molar-refractivity contribution in [3.8, 4) is 0 Å². The van der Waals surface area contributed by atoms with Gasteiger partial charge in [0.05, 0.1) is 21.9 Å². The van der Waals surface area contributed by atoms with Gasteiger partial charge in [-0.3, -0.25) is 20.8 Å². The number of nitrogens with zero attached hydrogens (tertiary/aromatic N) is 1. The number of anilines is 2. The number of rotatable bonds is 4. The number of halogens is 1. The van der Waals surface area contributed by atoms with Crippen LogP contribution in [0, 0.1) is 10.1 Å².